The molecule has 0 spiro atoms. The number of aromatic nitrogens is 2. The lowest BCUT2D eigenvalue weighted by molar-refractivity contribution is 0.966. The van der Waals surface area contributed by atoms with Gasteiger partial charge in [-0.3, -0.25) is 4.98 Å². The molecule has 0 aliphatic heterocycles. The van der Waals surface area contributed by atoms with Crippen LogP contribution >= 0.6 is 23.2 Å². The van der Waals surface area contributed by atoms with Crippen LogP contribution in [0.2, 0.25) is 10.0 Å². The molecule has 94 valence electrons. The van der Waals surface area contributed by atoms with Crippen molar-refractivity contribution in [1.29, 1.82) is 0 Å². The molecular formula is C13H13Cl2N3. The summed E-state index contributed by atoms with van der Waals surface area (Å²) in [5.41, 5.74) is 1.68. The van der Waals surface area contributed by atoms with E-state index >= 15 is 0 Å². The quantitative estimate of drug-likeness (QED) is 0.909. The number of benzene rings is 1. The van der Waals surface area contributed by atoms with E-state index in [0.29, 0.717) is 10.0 Å². The molecule has 0 aliphatic rings. The highest BCUT2D eigenvalue weighted by molar-refractivity contribution is 6.42. The zero-order valence-corrected chi connectivity index (χ0v) is 11.5. The first-order chi connectivity index (χ1) is 8.72. The highest BCUT2D eigenvalue weighted by atomic mass is 35.5. The van der Waals surface area contributed by atoms with Gasteiger partial charge < -0.3 is 5.32 Å². The third-order valence-corrected chi connectivity index (χ3v) is 3.17. The Bertz CT molecular complexity index is 544. The second-order valence-corrected chi connectivity index (χ2v) is 4.62. The normalized spacial score (nSPS) is 10.4. The monoisotopic (exact) mass is 281 g/mol. The summed E-state index contributed by atoms with van der Waals surface area (Å²) < 4.78 is 0. The summed E-state index contributed by atoms with van der Waals surface area (Å²) in [5.74, 6) is 0.762. The Balaban J connectivity index is 2.39. The highest BCUT2D eigenvalue weighted by Crippen LogP contribution is 2.30. The summed E-state index contributed by atoms with van der Waals surface area (Å²) >= 11 is 11.9. The SMILES string of the molecule is CCCNc1nccnc1-c1ccc(Cl)c(Cl)c1. The van der Waals surface area contributed by atoms with Crippen molar-refractivity contribution < 1.29 is 0 Å². The highest BCUT2D eigenvalue weighted by Gasteiger charge is 2.08. The van der Waals surface area contributed by atoms with Crippen LogP contribution in [0.3, 0.4) is 0 Å². The van der Waals surface area contributed by atoms with Crippen molar-refractivity contribution in [3.8, 4) is 11.3 Å². The second-order valence-electron chi connectivity index (χ2n) is 3.81. The third kappa shape index (κ3) is 2.92. The lowest BCUT2D eigenvalue weighted by Crippen LogP contribution is -2.04. The molecule has 1 heterocycles. The second kappa shape index (κ2) is 6.03. The molecule has 2 aromatic rings. The van der Waals surface area contributed by atoms with Crippen molar-refractivity contribution in [3.63, 3.8) is 0 Å². The van der Waals surface area contributed by atoms with Gasteiger partial charge in [0, 0.05) is 24.5 Å². The van der Waals surface area contributed by atoms with Gasteiger partial charge in [0.2, 0.25) is 0 Å². The molecule has 0 saturated carbocycles. The van der Waals surface area contributed by atoms with E-state index in [9.17, 15) is 0 Å². The molecule has 0 unspecified atom stereocenters. The average molecular weight is 282 g/mol. The van der Waals surface area contributed by atoms with Crippen LogP contribution in [-0.4, -0.2) is 16.5 Å². The van der Waals surface area contributed by atoms with E-state index in [1.54, 1.807) is 24.5 Å². The largest absolute Gasteiger partial charge is 0.368 e. The molecular weight excluding hydrogens is 269 g/mol. The van der Waals surface area contributed by atoms with Gasteiger partial charge in [-0.15, -0.1) is 0 Å². The van der Waals surface area contributed by atoms with Gasteiger partial charge in [-0.1, -0.05) is 36.2 Å². The van der Waals surface area contributed by atoms with Gasteiger partial charge in [0.25, 0.3) is 0 Å². The number of rotatable bonds is 4. The molecule has 1 aromatic carbocycles. The number of halogens is 2. The number of nitrogens with zero attached hydrogens (tertiary/aromatic N) is 2. The van der Waals surface area contributed by atoms with Crippen molar-refractivity contribution in [1.82, 2.24) is 9.97 Å². The van der Waals surface area contributed by atoms with E-state index in [1.807, 2.05) is 6.07 Å². The summed E-state index contributed by atoms with van der Waals surface area (Å²) in [5, 5.41) is 4.30. The number of anilines is 1. The van der Waals surface area contributed by atoms with E-state index in [1.165, 1.54) is 0 Å². The van der Waals surface area contributed by atoms with Crippen LogP contribution in [0.25, 0.3) is 11.3 Å². The topological polar surface area (TPSA) is 37.8 Å². The van der Waals surface area contributed by atoms with Crippen molar-refractivity contribution in [2.75, 3.05) is 11.9 Å². The fraction of sp³-hybridized carbons (Fsp3) is 0.231. The predicted molar refractivity (Wildman–Crippen MR) is 76.3 cm³/mol. The molecule has 0 radical (unpaired) electrons. The molecule has 0 saturated heterocycles. The Kier molecular flexibility index (Phi) is 4.39. The van der Waals surface area contributed by atoms with E-state index in [-0.39, 0.29) is 0 Å². The van der Waals surface area contributed by atoms with Crippen LogP contribution in [0.5, 0.6) is 0 Å². The summed E-state index contributed by atoms with van der Waals surface area (Å²) in [6.07, 6.45) is 4.35. The van der Waals surface area contributed by atoms with Crippen LogP contribution in [0.4, 0.5) is 5.82 Å². The van der Waals surface area contributed by atoms with Crippen LogP contribution in [0.15, 0.2) is 30.6 Å². The van der Waals surface area contributed by atoms with Crippen molar-refractivity contribution in [2.45, 2.75) is 13.3 Å². The molecule has 1 N–H and O–H groups in total. The first-order valence-electron chi connectivity index (χ1n) is 5.72. The number of hydrogen-bond acceptors (Lipinski definition) is 3. The Labute approximate surface area is 116 Å². The molecule has 0 aliphatic carbocycles. The zero-order valence-electron chi connectivity index (χ0n) is 9.95. The van der Waals surface area contributed by atoms with E-state index in [2.05, 4.69) is 22.2 Å². The third-order valence-electron chi connectivity index (χ3n) is 2.43. The van der Waals surface area contributed by atoms with Gasteiger partial charge in [0.1, 0.15) is 5.69 Å². The molecule has 0 fully saturated rings. The standard InChI is InChI=1S/C13H13Cl2N3/c1-2-5-17-13-12(16-6-7-18-13)9-3-4-10(14)11(15)8-9/h3-4,6-8H,2,5H2,1H3,(H,17,18). The van der Waals surface area contributed by atoms with Gasteiger partial charge in [-0.05, 0) is 18.6 Å². The van der Waals surface area contributed by atoms with Crippen LogP contribution in [0, 0.1) is 0 Å². The number of hydrogen-bond donors (Lipinski definition) is 1. The van der Waals surface area contributed by atoms with Crippen molar-refractivity contribution in [2.24, 2.45) is 0 Å². The Morgan fingerprint density at radius 1 is 1.11 bits per heavy atom. The summed E-state index contributed by atoms with van der Waals surface area (Å²) in [7, 11) is 0. The summed E-state index contributed by atoms with van der Waals surface area (Å²) in [6.45, 7) is 2.95. The molecule has 5 heteroatoms. The number of nitrogens with one attached hydrogen (secondary N) is 1. The molecule has 2 rings (SSSR count). The average Bonchev–Trinajstić information content (AvgIpc) is 2.40. The van der Waals surface area contributed by atoms with E-state index in [4.69, 9.17) is 23.2 Å². The van der Waals surface area contributed by atoms with Crippen LogP contribution < -0.4 is 5.32 Å². The molecule has 18 heavy (non-hydrogen) atoms. The minimum atomic E-state index is 0.515. The molecule has 3 nitrogen and oxygen atoms in total. The van der Waals surface area contributed by atoms with Crippen LogP contribution in [-0.2, 0) is 0 Å². The molecule has 1 aromatic heterocycles. The summed E-state index contributed by atoms with van der Waals surface area (Å²) in [6, 6.07) is 5.44. The first-order valence-corrected chi connectivity index (χ1v) is 6.48. The van der Waals surface area contributed by atoms with E-state index in [0.717, 1.165) is 30.0 Å². The fourth-order valence-electron chi connectivity index (χ4n) is 1.57. The summed E-state index contributed by atoms with van der Waals surface area (Å²) in [4.78, 5) is 8.64. The lowest BCUT2D eigenvalue weighted by Gasteiger charge is -2.09. The van der Waals surface area contributed by atoms with E-state index < -0.39 is 0 Å². The van der Waals surface area contributed by atoms with Gasteiger partial charge in [-0.2, -0.15) is 0 Å². The van der Waals surface area contributed by atoms with Gasteiger partial charge in [0.15, 0.2) is 5.82 Å². The Morgan fingerprint density at radius 2 is 1.89 bits per heavy atom. The molecule has 0 atom stereocenters. The van der Waals surface area contributed by atoms with Gasteiger partial charge in [0.05, 0.1) is 10.0 Å². The minimum Gasteiger partial charge on any atom is -0.368 e. The predicted octanol–water partition coefficient (Wildman–Crippen LogP) is 4.27. The fourth-order valence-corrected chi connectivity index (χ4v) is 1.86. The lowest BCUT2D eigenvalue weighted by atomic mass is 10.1. The molecule has 0 amide bonds. The molecule has 0 bridgehead atoms. The smallest absolute Gasteiger partial charge is 0.152 e. The zero-order chi connectivity index (χ0) is 13.0. The Hall–Kier alpha value is -1.32. The first kappa shape index (κ1) is 13.1. The maximum atomic E-state index is 6.02. The minimum absolute atomic E-state index is 0.515. The van der Waals surface area contributed by atoms with Gasteiger partial charge >= 0.3 is 0 Å². The van der Waals surface area contributed by atoms with Crippen LogP contribution in [0.1, 0.15) is 13.3 Å². The van der Waals surface area contributed by atoms with Gasteiger partial charge in [-0.25, -0.2) is 4.98 Å². The van der Waals surface area contributed by atoms with Crippen molar-refractivity contribution in [3.05, 3.63) is 40.6 Å². The maximum absolute atomic E-state index is 6.02. The van der Waals surface area contributed by atoms with Crippen molar-refractivity contribution >= 4 is 29.0 Å². The maximum Gasteiger partial charge on any atom is 0.152 e. The Morgan fingerprint density at radius 3 is 2.61 bits per heavy atom.